The number of nitrogens with zero attached hydrogens (tertiary/aromatic N) is 3. The summed E-state index contributed by atoms with van der Waals surface area (Å²) in [5.74, 6) is 0.586. The average Bonchev–Trinajstić information content (AvgIpc) is 2.85. The quantitative estimate of drug-likeness (QED) is 0.942. The van der Waals surface area contributed by atoms with Gasteiger partial charge in [-0.15, -0.1) is 0 Å². The molecule has 0 spiro atoms. The van der Waals surface area contributed by atoms with Gasteiger partial charge >= 0.3 is 0 Å². The van der Waals surface area contributed by atoms with Gasteiger partial charge in [-0.3, -0.25) is 4.79 Å². The summed E-state index contributed by atoms with van der Waals surface area (Å²) in [6, 6.07) is 7.96. The summed E-state index contributed by atoms with van der Waals surface area (Å²) in [5, 5.41) is 3.53. The Labute approximate surface area is 134 Å². The number of likely N-dealkylation sites (tertiary alicyclic amines) is 1. The summed E-state index contributed by atoms with van der Waals surface area (Å²) in [6.45, 7) is 3.41. The number of hydrogen-bond acceptors (Lipinski definition) is 4. The van der Waals surface area contributed by atoms with Gasteiger partial charge in [0.25, 0.3) is 0 Å². The Morgan fingerprint density at radius 2 is 2.14 bits per heavy atom. The molecule has 1 aliphatic heterocycles. The molecule has 0 radical (unpaired) electrons. The maximum Gasteiger partial charge on any atom is 0.245 e. The smallest absolute Gasteiger partial charge is 0.245 e. The standard InChI is InChI=1S/C16H17ClN4O/c1-11-2-4-12(5-3-11)9-21-7-6-14(16(21)22)20-15-13(17)8-18-10-19-15/h2-5,8,10,14H,6-7,9H2,1H3,(H,18,19,20). The zero-order valence-corrected chi connectivity index (χ0v) is 13.0. The lowest BCUT2D eigenvalue weighted by molar-refractivity contribution is -0.128. The van der Waals surface area contributed by atoms with Crippen LogP contribution in [0.3, 0.4) is 0 Å². The van der Waals surface area contributed by atoms with E-state index in [0.29, 0.717) is 17.4 Å². The Morgan fingerprint density at radius 3 is 2.86 bits per heavy atom. The van der Waals surface area contributed by atoms with Crippen LogP contribution < -0.4 is 5.32 Å². The fourth-order valence-corrected chi connectivity index (χ4v) is 2.69. The topological polar surface area (TPSA) is 58.1 Å². The van der Waals surface area contributed by atoms with Crippen LogP contribution in [0.5, 0.6) is 0 Å². The lowest BCUT2D eigenvalue weighted by atomic mass is 10.1. The minimum atomic E-state index is -0.280. The van der Waals surface area contributed by atoms with Crippen molar-refractivity contribution >= 4 is 23.3 Å². The highest BCUT2D eigenvalue weighted by Gasteiger charge is 2.32. The second kappa shape index (κ2) is 6.32. The number of hydrogen-bond donors (Lipinski definition) is 1. The van der Waals surface area contributed by atoms with Crippen LogP contribution in [0.15, 0.2) is 36.8 Å². The molecule has 1 aliphatic rings. The molecule has 114 valence electrons. The van der Waals surface area contributed by atoms with Gasteiger partial charge in [-0.25, -0.2) is 9.97 Å². The predicted octanol–water partition coefficient (Wildman–Crippen LogP) is 2.65. The minimum Gasteiger partial charge on any atom is -0.357 e. The summed E-state index contributed by atoms with van der Waals surface area (Å²) < 4.78 is 0. The van der Waals surface area contributed by atoms with Gasteiger partial charge in [-0.05, 0) is 18.9 Å². The van der Waals surface area contributed by atoms with Gasteiger partial charge in [0.2, 0.25) is 5.91 Å². The fraction of sp³-hybridized carbons (Fsp3) is 0.312. The second-order valence-electron chi connectivity index (χ2n) is 5.45. The average molecular weight is 317 g/mol. The van der Waals surface area contributed by atoms with E-state index in [9.17, 15) is 4.79 Å². The molecule has 3 rings (SSSR count). The van der Waals surface area contributed by atoms with Crippen LogP contribution in [0, 0.1) is 6.92 Å². The Hall–Kier alpha value is -2.14. The van der Waals surface area contributed by atoms with Crippen LogP contribution in [-0.4, -0.2) is 33.4 Å². The van der Waals surface area contributed by atoms with Crippen molar-refractivity contribution in [1.82, 2.24) is 14.9 Å². The lowest BCUT2D eigenvalue weighted by Gasteiger charge is -2.17. The van der Waals surface area contributed by atoms with Crippen molar-refractivity contribution in [3.05, 3.63) is 52.9 Å². The number of nitrogens with one attached hydrogen (secondary N) is 1. The molecular formula is C16H17ClN4O. The number of amides is 1. The van der Waals surface area contributed by atoms with Crippen molar-refractivity contribution in [1.29, 1.82) is 0 Å². The molecule has 0 aliphatic carbocycles. The van der Waals surface area contributed by atoms with Gasteiger partial charge in [-0.1, -0.05) is 41.4 Å². The first-order valence-corrected chi connectivity index (χ1v) is 7.57. The SMILES string of the molecule is Cc1ccc(CN2CCC(Nc3ncncc3Cl)C2=O)cc1. The minimum absolute atomic E-state index is 0.0789. The number of carbonyl (C=O) groups is 1. The Bertz CT molecular complexity index is 674. The van der Waals surface area contributed by atoms with E-state index in [4.69, 9.17) is 11.6 Å². The lowest BCUT2D eigenvalue weighted by Crippen LogP contribution is -2.33. The van der Waals surface area contributed by atoms with Gasteiger partial charge in [0, 0.05) is 13.1 Å². The molecule has 1 saturated heterocycles. The molecular weight excluding hydrogens is 300 g/mol. The summed E-state index contributed by atoms with van der Waals surface area (Å²) in [7, 11) is 0. The maximum absolute atomic E-state index is 12.5. The van der Waals surface area contributed by atoms with Crippen molar-refractivity contribution < 1.29 is 4.79 Å². The first-order chi connectivity index (χ1) is 10.6. The molecule has 2 heterocycles. The molecule has 1 amide bonds. The highest BCUT2D eigenvalue weighted by atomic mass is 35.5. The molecule has 0 bridgehead atoms. The molecule has 5 nitrogen and oxygen atoms in total. The third kappa shape index (κ3) is 3.20. The maximum atomic E-state index is 12.5. The van der Waals surface area contributed by atoms with Crippen LogP contribution in [0.25, 0.3) is 0 Å². The number of anilines is 1. The summed E-state index contributed by atoms with van der Waals surface area (Å²) in [4.78, 5) is 22.2. The monoisotopic (exact) mass is 316 g/mol. The van der Waals surface area contributed by atoms with Gasteiger partial charge in [0.05, 0.1) is 6.20 Å². The number of carbonyl (C=O) groups excluding carboxylic acids is 1. The number of halogens is 1. The molecule has 6 heteroatoms. The third-order valence-corrected chi connectivity index (χ3v) is 4.05. The zero-order chi connectivity index (χ0) is 15.5. The second-order valence-corrected chi connectivity index (χ2v) is 5.86. The van der Waals surface area contributed by atoms with Crippen LogP contribution in [0.1, 0.15) is 17.5 Å². The van der Waals surface area contributed by atoms with E-state index in [0.717, 1.165) is 18.5 Å². The van der Waals surface area contributed by atoms with E-state index in [1.807, 2.05) is 4.90 Å². The van der Waals surface area contributed by atoms with Gasteiger partial charge in [0.15, 0.2) is 0 Å². The molecule has 1 unspecified atom stereocenters. The van der Waals surface area contributed by atoms with Crippen molar-refractivity contribution in [2.45, 2.75) is 25.9 Å². The van der Waals surface area contributed by atoms with Crippen molar-refractivity contribution in [3.63, 3.8) is 0 Å². The van der Waals surface area contributed by atoms with E-state index in [2.05, 4.69) is 46.5 Å². The molecule has 0 saturated carbocycles. The summed E-state index contributed by atoms with van der Waals surface area (Å²) in [6.07, 6.45) is 3.67. The molecule has 1 aromatic heterocycles. The van der Waals surface area contributed by atoms with Crippen LogP contribution in [-0.2, 0) is 11.3 Å². The summed E-state index contributed by atoms with van der Waals surface area (Å²) >= 11 is 6.02. The molecule has 1 N–H and O–H groups in total. The third-order valence-electron chi connectivity index (χ3n) is 3.77. The normalized spacial score (nSPS) is 17.8. The fourth-order valence-electron chi connectivity index (χ4n) is 2.53. The van der Waals surface area contributed by atoms with Gasteiger partial charge < -0.3 is 10.2 Å². The molecule has 1 aromatic carbocycles. The molecule has 1 atom stereocenters. The first kappa shape index (κ1) is 14.8. The number of aryl methyl sites for hydroxylation is 1. The number of rotatable bonds is 4. The van der Waals surface area contributed by atoms with Crippen LogP contribution in [0.2, 0.25) is 5.02 Å². The Kier molecular flexibility index (Phi) is 4.24. The van der Waals surface area contributed by atoms with Crippen LogP contribution >= 0.6 is 11.6 Å². The largest absolute Gasteiger partial charge is 0.357 e. The van der Waals surface area contributed by atoms with Crippen LogP contribution in [0.4, 0.5) is 5.82 Å². The van der Waals surface area contributed by atoms with E-state index < -0.39 is 0 Å². The highest BCUT2D eigenvalue weighted by Crippen LogP contribution is 2.22. The van der Waals surface area contributed by atoms with Crippen molar-refractivity contribution in [2.75, 3.05) is 11.9 Å². The summed E-state index contributed by atoms with van der Waals surface area (Å²) in [5.41, 5.74) is 2.36. The zero-order valence-electron chi connectivity index (χ0n) is 12.3. The highest BCUT2D eigenvalue weighted by molar-refractivity contribution is 6.32. The molecule has 2 aromatic rings. The van der Waals surface area contributed by atoms with E-state index in [-0.39, 0.29) is 11.9 Å². The van der Waals surface area contributed by atoms with E-state index >= 15 is 0 Å². The number of benzene rings is 1. The molecule has 22 heavy (non-hydrogen) atoms. The van der Waals surface area contributed by atoms with E-state index in [1.165, 1.54) is 18.1 Å². The van der Waals surface area contributed by atoms with Gasteiger partial charge in [0.1, 0.15) is 23.2 Å². The van der Waals surface area contributed by atoms with Crippen molar-refractivity contribution in [2.24, 2.45) is 0 Å². The Morgan fingerprint density at radius 1 is 1.36 bits per heavy atom. The number of aromatic nitrogens is 2. The predicted molar refractivity (Wildman–Crippen MR) is 85.7 cm³/mol. The Balaban J connectivity index is 1.65. The van der Waals surface area contributed by atoms with Crippen molar-refractivity contribution in [3.8, 4) is 0 Å². The molecule has 1 fully saturated rings. The van der Waals surface area contributed by atoms with E-state index in [1.54, 1.807) is 0 Å². The first-order valence-electron chi connectivity index (χ1n) is 7.20. The van der Waals surface area contributed by atoms with Gasteiger partial charge in [-0.2, -0.15) is 0 Å².